The molecule has 0 aromatic heterocycles. The molecule has 118 valence electrons. The maximum absolute atomic E-state index is 12.0. The van der Waals surface area contributed by atoms with Crippen molar-refractivity contribution in [3.05, 3.63) is 68.3 Å². The van der Waals surface area contributed by atoms with E-state index in [0.29, 0.717) is 5.75 Å². The standard InChI is InChI=1S/C14H10N2O7/c1-22-12-2-4-13(5-3-12)23-14(17)9-6-10(15(18)19)8-11(7-9)16(20)21/h2-8H,1H3. The second kappa shape index (κ2) is 6.52. The van der Waals surface area contributed by atoms with E-state index in [2.05, 4.69) is 0 Å². The van der Waals surface area contributed by atoms with Gasteiger partial charge in [-0.15, -0.1) is 0 Å². The lowest BCUT2D eigenvalue weighted by Gasteiger charge is -2.05. The topological polar surface area (TPSA) is 122 Å². The monoisotopic (exact) mass is 318 g/mol. The lowest BCUT2D eigenvalue weighted by atomic mass is 10.2. The van der Waals surface area contributed by atoms with Crippen LogP contribution in [0.1, 0.15) is 10.4 Å². The van der Waals surface area contributed by atoms with Crippen molar-refractivity contribution in [2.24, 2.45) is 0 Å². The summed E-state index contributed by atoms with van der Waals surface area (Å²) in [5, 5.41) is 21.6. The second-order valence-electron chi connectivity index (χ2n) is 4.32. The third-order valence-electron chi connectivity index (χ3n) is 2.83. The summed E-state index contributed by atoms with van der Waals surface area (Å²) < 4.78 is 9.98. The molecule has 0 atom stereocenters. The van der Waals surface area contributed by atoms with Crippen LogP contribution in [0.2, 0.25) is 0 Å². The maximum Gasteiger partial charge on any atom is 0.344 e. The fourth-order valence-electron chi connectivity index (χ4n) is 1.73. The summed E-state index contributed by atoms with van der Waals surface area (Å²) in [5.41, 5.74) is -1.43. The largest absolute Gasteiger partial charge is 0.497 e. The van der Waals surface area contributed by atoms with Gasteiger partial charge in [-0.2, -0.15) is 0 Å². The molecule has 0 saturated carbocycles. The zero-order valence-electron chi connectivity index (χ0n) is 11.8. The third-order valence-corrected chi connectivity index (χ3v) is 2.83. The number of ether oxygens (including phenoxy) is 2. The molecule has 0 aliphatic carbocycles. The van der Waals surface area contributed by atoms with Gasteiger partial charge >= 0.3 is 5.97 Å². The van der Waals surface area contributed by atoms with Gasteiger partial charge in [0.1, 0.15) is 11.5 Å². The van der Waals surface area contributed by atoms with E-state index in [0.717, 1.165) is 18.2 Å². The minimum absolute atomic E-state index is 0.171. The van der Waals surface area contributed by atoms with Crippen LogP contribution >= 0.6 is 0 Å². The predicted molar refractivity (Wildman–Crippen MR) is 77.7 cm³/mol. The number of hydrogen-bond acceptors (Lipinski definition) is 7. The number of benzene rings is 2. The fraction of sp³-hybridized carbons (Fsp3) is 0.0714. The Morgan fingerprint density at radius 2 is 1.39 bits per heavy atom. The Morgan fingerprint density at radius 3 is 1.83 bits per heavy atom. The van der Waals surface area contributed by atoms with Gasteiger partial charge in [-0.25, -0.2) is 4.79 Å². The van der Waals surface area contributed by atoms with Crippen molar-refractivity contribution in [1.29, 1.82) is 0 Å². The summed E-state index contributed by atoms with van der Waals surface area (Å²) in [6.07, 6.45) is 0. The van der Waals surface area contributed by atoms with Crippen molar-refractivity contribution in [3.8, 4) is 11.5 Å². The summed E-state index contributed by atoms with van der Waals surface area (Å²) in [5.74, 6) is -0.220. The molecule has 0 N–H and O–H groups in total. The number of hydrogen-bond donors (Lipinski definition) is 0. The second-order valence-corrected chi connectivity index (χ2v) is 4.32. The van der Waals surface area contributed by atoms with Crippen LogP contribution < -0.4 is 9.47 Å². The molecule has 0 spiro atoms. The molecule has 2 aromatic rings. The van der Waals surface area contributed by atoms with Crippen LogP contribution in [-0.2, 0) is 0 Å². The van der Waals surface area contributed by atoms with Crippen molar-refractivity contribution in [1.82, 2.24) is 0 Å². The first kappa shape index (κ1) is 15.9. The molecule has 0 aliphatic heterocycles. The van der Waals surface area contributed by atoms with Crippen LogP contribution in [0.5, 0.6) is 11.5 Å². The van der Waals surface area contributed by atoms with E-state index in [1.54, 1.807) is 12.1 Å². The molecule has 0 fully saturated rings. The quantitative estimate of drug-likeness (QED) is 0.359. The van der Waals surface area contributed by atoms with Crippen molar-refractivity contribution < 1.29 is 24.1 Å². The fourth-order valence-corrected chi connectivity index (χ4v) is 1.73. The number of nitro benzene ring substituents is 2. The predicted octanol–water partition coefficient (Wildman–Crippen LogP) is 2.73. The van der Waals surface area contributed by atoms with Gasteiger partial charge in [-0.1, -0.05) is 0 Å². The van der Waals surface area contributed by atoms with Gasteiger partial charge in [0.2, 0.25) is 0 Å². The van der Waals surface area contributed by atoms with Crippen molar-refractivity contribution >= 4 is 17.3 Å². The maximum atomic E-state index is 12.0. The molecule has 2 rings (SSSR count). The minimum Gasteiger partial charge on any atom is -0.497 e. The average molecular weight is 318 g/mol. The number of nitrogens with zero attached hydrogens (tertiary/aromatic N) is 2. The van der Waals surface area contributed by atoms with Gasteiger partial charge in [0.25, 0.3) is 11.4 Å². The first-order valence-electron chi connectivity index (χ1n) is 6.21. The van der Waals surface area contributed by atoms with Gasteiger partial charge in [-0.05, 0) is 24.3 Å². The number of rotatable bonds is 5. The van der Waals surface area contributed by atoms with E-state index in [1.165, 1.54) is 19.2 Å². The molecule has 0 heterocycles. The van der Waals surface area contributed by atoms with Crippen molar-refractivity contribution in [2.45, 2.75) is 0 Å². The molecular weight excluding hydrogens is 308 g/mol. The van der Waals surface area contributed by atoms with E-state index >= 15 is 0 Å². The Hall–Kier alpha value is -3.49. The molecule has 0 radical (unpaired) electrons. The summed E-state index contributed by atoms with van der Waals surface area (Å²) in [6, 6.07) is 8.63. The normalized spacial score (nSPS) is 9.96. The minimum atomic E-state index is -0.943. The molecule has 0 amide bonds. The van der Waals surface area contributed by atoms with Crippen LogP contribution in [0.15, 0.2) is 42.5 Å². The smallest absolute Gasteiger partial charge is 0.344 e. The van der Waals surface area contributed by atoms with E-state index in [4.69, 9.17) is 9.47 Å². The summed E-state index contributed by atoms with van der Waals surface area (Å²) in [7, 11) is 1.48. The molecule has 0 aliphatic rings. The molecule has 0 saturated heterocycles. The highest BCUT2D eigenvalue weighted by atomic mass is 16.6. The summed E-state index contributed by atoms with van der Waals surface area (Å²) in [6.45, 7) is 0. The highest BCUT2D eigenvalue weighted by molar-refractivity contribution is 5.92. The molecule has 2 aromatic carbocycles. The van der Waals surface area contributed by atoms with E-state index in [-0.39, 0.29) is 11.3 Å². The van der Waals surface area contributed by atoms with Crippen molar-refractivity contribution in [2.75, 3.05) is 7.11 Å². The summed E-state index contributed by atoms with van der Waals surface area (Å²) >= 11 is 0. The highest BCUT2D eigenvalue weighted by Gasteiger charge is 2.21. The van der Waals surface area contributed by atoms with Crippen LogP contribution in [0.25, 0.3) is 0 Å². The highest BCUT2D eigenvalue weighted by Crippen LogP contribution is 2.24. The van der Waals surface area contributed by atoms with E-state index in [1.807, 2.05) is 0 Å². The van der Waals surface area contributed by atoms with Crippen LogP contribution in [0, 0.1) is 20.2 Å². The molecule has 0 unspecified atom stereocenters. The molecule has 23 heavy (non-hydrogen) atoms. The molecular formula is C14H10N2O7. The number of methoxy groups -OCH3 is 1. The Labute approximate surface area is 129 Å². The Kier molecular flexibility index (Phi) is 4.50. The third kappa shape index (κ3) is 3.79. The number of nitro groups is 2. The lowest BCUT2D eigenvalue weighted by molar-refractivity contribution is -0.394. The van der Waals surface area contributed by atoms with Crippen LogP contribution in [0.3, 0.4) is 0 Å². The van der Waals surface area contributed by atoms with Gasteiger partial charge in [0.15, 0.2) is 0 Å². The number of non-ortho nitro benzene ring substituents is 2. The van der Waals surface area contributed by atoms with E-state index in [9.17, 15) is 25.0 Å². The van der Waals surface area contributed by atoms with Gasteiger partial charge in [0, 0.05) is 12.1 Å². The van der Waals surface area contributed by atoms with Crippen LogP contribution in [-0.4, -0.2) is 22.9 Å². The number of carbonyl (C=O) groups is 1. The first-order chi connectivity index (χ1) is 10.9. The SMILES string of the molecule is COc1ccc(OC(=O)c2cc([N+](=O)[O-])cc([N+](=O)[O-])c2)cc1. The molecule has 0 bridgehead atoms. The Bertz CT molecular complexity index is 739. The van der Waals surface area contributed by atoms with Crippen molar-refractivity contribution in [3.63, 3.8) is 0 Å². The number of carbonyl (C=O) groups excluding carboxylic acids is 1. The average Bonchev–Trinajstić information content (AvgIpc) is 2.55. The Balaban J connectivity index is 2.30. The number of esters is 1. The van der Waals surface area contributed by atoms with Gasteiger partial charge in [0.05, 0.1) is 28.6 Å². The zero-order valence-corrected chi connectivity index (χ0v) is 11.8. The first-order valence-corrected chi connectivity index (χ1v) is 6.21. The van der Waals surface area contributed by atoms with Gasteiger partial charge in [-0.3, -0.25) is 20.2 Å². The molecule has 9 heteroatoms. The molecule has 9 nitrogen and oxygen atoms in total. The van der Waals surface area contributed by atoms with E-state index < -0.39 is 27.2 Å². The Morgan fingerprint density at radius 1 is 0.913 bits per heavy atom. The zero-order chi connectivity index (χ0) is 17.0. The lowest BCUT2D eigenvalue weighted by Crippen LogP contribution is -2.09. The summed E-state index contributed by atoms with van der Waals surface area (Å²) in [4.78, 5) is 32.0. The van der Waals surface area contributed by atoms with Gasteiger partial charge < -0.3 is 9.47 Å². The van der Waals surface area contributed by atoms with Crippen LogP contribution in [0.4, 0.5) is 11.4 Å².